The van der Waals surface area contributed by atoms with Crippen LogP contribution >= 0.6 is 12.6 Å². The van der Waals surface area contributed by atoms with Crippen molar-refractivity contribution in [1.82, 2.24) is 9.97 Å². The number of rotatable bonds is 3. The summed E-state index contributed by atoms with van der Waals surface area (Å²) < 4.78 is 36.8. The molecule has 1 heterocycles. The van der Waals surface area contributed by atoms with Crippen molar-refractivity contribution < 1.29 is 18.0 Å². The SMILES string of the molecule is O=C(CS)Cc1nc(C(F)(F)F)cc(=O)[nH]1. The van der Waals surface area contributed by atoms with Crippen molar-refractivity contribution >= 4 is 18.4 Å². The Balaban J connectivity index is 3.09. The van der Waals surface area contributed by atoms with Crippen molar-refractivity contribution in [2.45, 2.75) is 12.6 Å². The Hall–Kier alpha value is -1.31. The molecule has 1 aromatic heterocycles. The molecular weight excluding hydrogens is 245 g/mol. The Morgan fingerprint density at radius 3 is 2.62 bits per heavy atom. The van der Waals surface area contributed by atoms with Gasteiger partial charge in [-0.25, -0.2) is 4.98 Å². The van der Waals surface area contributed by atoms with Crippen LogP contribution in [-0.2, 0) is 17.4 Å². The molecule has 0 saturated carbocycles. The van der Waals surface area contributed by atoms with Gasteiger partial charge in [0.1, 0.15) is 11.6 Å². The Morgan fingerprint density at radius 1 is 1.50 bits per heavy atom. The van der Waals surface area contributed by atoms with E-state index in [1.165, 1.54) is 0 Å². The van der Waals surface area contributed by atoms with E-state index >= 15 is 0 Å². The fraction of sp³-hybridized carbons (Fsp3) is 0.375. The van der Waals surface area contributed by atoms with Crippen LogP contribution in [0, 0.1) is 0 Å². The predicted octanol–water partition coefficient (Wildman–Crippen LogP) is 0.830. The van der Waals surface area contributed by atoms with Crippen LogP contribution < -0.4 is 5.56 Å². The molecule has 0 aliphatic carbocycles. The topological polar surface area (TPSA) is 62.8 Å². The number of alkyl halides is 3. The number of aromatic nitrogens is 2. The number of halogens is 3. The Kier molecular flexibility index (Phi) is 3.74. The molecule has 1 aromatic rings. The summed E-state index contributed by atoms with van der Waals surface area (Å²) in [7, 11) is 0. The maximum absolute atomic E-state index is 12.3. The van der Waals surface area contributed by atoms with Gasteiger partial charge in [-0.3, -0.25) is 9.59 Å². The molecule has 0 aliphatic heterocycles. The van der Waals surface area contributed by atoms with Gasteiger partial charge in [-0.1, -0.05) is 0 Å². The molecule has 88 valence electrons. The maximum atomic E-state index is 12.3. The molecule has 0 saturated heterocycles. The third-order valence-corrected chi connectivity index (χ3v) is 1.97. The van der Waals surface area contributed by atoms with Crippen LogP contribution in [0.3, 0.4) is 0 Å². The van der Waals surface area contributed by atoms with Crippen molar-refractivity contribution in [2.24, 2.45) is 0 Å². The largest absolute Gasteiger partial charge is 0.433 e. The van der Waals surface area contributed by atoms with Crippen LogP contribution in [0.4, 0.5) is 13.2 Å². The highest BCUT2D eigenvalue weighted by Crippen LogP contribution is 2.26. The molecule has 0 fully saturated rings. The Bertz CT molecular complexity index is 455. The van der Waals surface area contributed by atoms with Gasteiger partial charge in [0.2, 0.25) is 0 Å². The zero-order valence-corrected chi connectivity index (χ0v) is 8.73. The lowest BCUT2D eigenvalue weighted by Gasteiger charge is -2.06. The number of thiol groups is 1. The third-order valence-electron chi connectivity index (χ3n) is 1.62. The van der Waals surface area contributed by atoms with E-state index in [1.54, 1.807) is 0 Å². The highest BCUT2D eigenvalue weighted by atomic mass is 32.1. The van der Waals surface area contributed by atoms with Crippen molar-refractivity contribution in [1.29, 1.82) is 0 Å². The van der Waals surface area contributed by atoms with Crippen molar-refractivity contribution in [3.8, 4) is 0 Å². The van der Waals surface area contributed by atoms with E-state index in [4.69, 9.17) is 0 Å². The molecule has 16 heavy (non-hydrogen) atoms. The standard InChI is InChI=1S/C8H7F3N2O2S/c9-8(10,11)5-2-7(15)13-6(12-5)1-4(14)3-16/h2,16H,1,3H2,(H,12,13,15). The predicted molar refractivity (Wildman–Crippen MR) is 52.4 cm³/mol. The zero-order chi connectivity index (χ0) is 12.3. The summed E-state index contributed by atoms with van der Waals surface area (Å²) in [5.41, 5.74) is -2.25. The summed E-state index contributed by atoms with van der Waals surface area (Å²) in [6.45, 7) is 0. The number of carbonyl (C=O) groups is 1. The van der Waals surface area contributed by atoms with E-state index in [-0.39, 0.29) is 18.0 Å². The van der Waals surface area contributed by atoms with Gasteiger partial charge in [0.25, 0.3) is 5.56 Å². The molecule has 0 atom stereocenters. The second-order valence-electron chi connectivity index (χ2n) is 2.95. The van der Waals surface area contributed by atoms with Gasteiger partial charge >= 0.3 is 6.18 Å². The number of hydrogen-bond donors (Lipinski definition) is 2. The average molecular weight is 252 g/mol. The highest BCUT2D eigenvalue weighted by molar-refractivity contribution is 7.81. The van der Waals surface area contributed by atoms with Crippen LogP contribution in [0.2, 0.25) is 0 Å². The molecule has 0 unspecified atom stereocenters. The number of carbonyl (C=O) groups excluding carboxylic acids is 1. The Morgan fingerprint density at radius 2 is 2.12 bits per heavy atom. The second-order valence-corrected chi connectivity index (χ2v) is 3.26. The van der Waals surface area contributed by atoms with Gasteiger partial charge in [-0.15, -0.1) is 0 Å². The fourth-order valence-corrected chi connectivity index (χ4v) is 1.09. The number of H-pyrrole nitrogens is 1. The fourth-order valence-electron chi connectivity index (χ4n) is 0.980. The quantitative estimate of drug-likeness (QED) is 0.783. The van der Waals surface area contributed by atoms with E-state index in [9.17, 15) is 22.8 Å². The van der Waals surface area contributed by atoms with Crippen molar-refractivity contribution in [2.75, 3.05) is 5.75 Å². The molecule has 0 bridgehead atoms. The maximum Gasteiger partial charge on any atom is 0.433 e. The monoisotopic (exact) mass is 252 g/mol. The van der Waals surface area contributed by atoms with Crippen LogP contribution in [0.5, 0.6) is 0 Å². The lowest BCUT2D eigenvalue weighted by molar-refractivity contribution is -0.141. The van der Waals surface area contributed by atoms with Gasteiger partial charge in [0.05, 0.1) is 6.42 Å². The second kappa shape index (κ2) is 4.69. The van der Waals surface area contributed by atoms with Crippen molar-refractivity contribution in [3.63, 3.8) is 0 Å². The average Bonchev–Trinajstić information content (AvgIpc) is 2.15. The highest BCUT2D eigenvalue weighted by Gasteiger charge is 2.33. The minimum Gasteiger partial charge on any atom is -0.310 e. The van der Waals surface area contributed by atoms with E-state index in [2.05, 4.69) is 22.6 Å². The zero-order valence-electron chi connectivity index (χ0n) is 7.84. The van der Waals surface area contributed by atoms with Crippen LogP contribution in [-0.4, -0.2) is 21.5 Å². The number of aromatic amines is 1. The third kappa shape index (κ3) is 3.37. The van der Waals surface area contributed by atoms with Crippen LogP contribution in [0.25, 0.3) is 0 Å². The molecule has 4 nitrogen and oxygen atoms in total. The summed E-state index contributed by atoms with van der Waals surface area (Å²) in [6, 6.07) is 0.342. The normalized spacial score (nSPS) is 11.5. The minimum absolute atomic E-state index is 0.125. The van der Waals surface area contributed by atoms with E-state index < -0.39 is 23.2 Å². The van der Waals surface area contributed by atoms with Crippen LogP contribution in [0.1, 0.15) is 11.5 Å². The first-order valence-corrected chi connectivity index (χ1v) is 4.76. The molecule has 1 N–H and O–H groups in total. The van der Waals surface area contributed by atoms with Gasteiger partial charge in [-0.05, 0) is 0 Å². The molecule has 0 spiro atoms. The van der Waals surface area contributed by atoms with E-state index in [0.29, 0.717) is 6.07 Å². The number of nitrogens with one attached hydrogen (secondary N) is 1. The van der Waals surface area contributed by atoms with Crippen LogP contribution in [0.15, 0.2) is 10.9 Å². The number of hydrogen-bond acceptors (Lipinski definition) is 4. The first kappa shape index (κ1) is 12.8. The van der Waals surface area contributed by atoms with Gasteiger partial charge < -0.3 is 4.98 Å². The van der Waals surface area contributed by atoms with E-state index in [1.807, 2.05) is 0 Å². The number of nitrogens with zero attached hydrogens (tertiary/aromatic N) is 1. The smallest absolute Gasteiger partial charge is 0.310 e. The Labute approximate surface area is 93.3 Å². The molecule has 0 aromatic carbocycles. The summed E-state index contributed by atoms with van der Waals surface area (Å²) in [4.78, 5) is 27.1. The van der Waals surface area contributed by atoms with E-state index in [0.717, 1.165) is 0 Å². The molecule has 1 rings (SSSR count). The first-order valence-electron chi connectivity index (χ1n) is 4.13. The molecule has 8 heteroatoms. The molecular formula is C8H7F3N2O2S. The summed E-state index contributed by atoms with van der Waals surface area (Å²) >= 11 is 3.66. The minimum atomic E-state index is -4.70. The summed E-state index contributed by atoms with van der Waals surface area (Å²) in [5.74, 6) is -0.857. The van der Waals surface area contributed by atoms with Gasteiger partial charge in [0, 0.05) is 11.8 Å². The van der Waals surface area contributed by atoms with Gasteiger partial charge in [-0.2, -0.15) is 25.8 Å². The lowest BCUT2D eigenvalue weighted by Crippen LogP contribution is -2.20. The lowest BCUT2D eigenvalue weighted by atomic mass is 10.3. The molecule has 0 radical (unpaired) electrons. The first-order chi connectivity index (χ1) is 7.32. The summed E-state index contributed by atoms with van der Waals surface area (Å²) in [5, 5.41) is 0. The summed E-state index contributed by atoms with van der Waals surface area (Å²) in [6.07, 6.45) is -5.07. The van der Waals surface area contributed by atoms with Gasteiger partial charge in [0.15, 0.2) is 5.69 Å². The molecule has 0 amide bonds. The number of Topliss-reactive ketones (excluding diaryl/α,β-unsaturated/α-hetero) is 1. The molecule has 0 aliphatic rings. The van der Waals surface area contributed by atoms with Crippen molar-refractivity contribution in [3.05, 3.63) is 27.9 Å². The number of ketones is 1.